The van der Waals surface area contributed by atoms with E-state index in [0.29, 0.717) is 36.4 Å². The van der Waals surface area contributed by atoms with Crippen LogP contribution in [-0.2, 0) is 17.9 Å². The number of nitrogens with zero attached hydrogens (tertiary/aromatic N) is 5. The number of rotatable bonds is 11. The van der Waals surface area contributed by atoms with E-state index in [1.165, 1.54) is 23.9 Å². The third-order valence-corrected chi connectivity index (χ3v) is 6.37. The van der Waals surface area contributed by atoms with Crippen molar-refractivity contribution in [3.05, 3.63) is 89.9 Å². The maximum Gasteiger partial charge on any atom is 0.233 e. The lowest BCUT2D eigenvalue weighted by molar-refractivity contribution is -0.129. The van der Waals surface area contributed by atoms with Crippen molar-refractivity contribution in [2.24, 2.45) is 0 Å². The van der Waals surface area contributed by atoms with Crippen molar-refractivity contribution in [3.8, 4) is 11.6 Å². The molecule has 0 spiro atoms. The molecule has 2 heterocycles. The van der Waals surface area contributed by atoms with Crippen LogP contribution in [0.4, 0.5) is 4.39 Å². The molecular formula is C26H28FN5O2S. The first-order valence-electron chi connectivity index (χ1n) is 11.3. The molecule has 0 saturated carbocycles. The van der Waals surface area contributed by atoms with E-state index in [2.05, 4.69) is 10.2 Å². The smallest absolute Gasteiger partial charge is 0.233 e. The summed E-state index contributed by atoms with van der Waals surface area (Å²) >= 11 is 1.35. The van der Waals surface area contributed by atoms with E-state index in [1.807, 2.05) is 66.0 Å². The van der Waals surface area contributed by atoms with Gasteiger partial charge < -0.3 is 14.2 Å². The monoisotopic (exact) mass is 493 g/mol. The quantitative estimate of drug-likeness (QED) is 0.289. The normalized spacial score (nSPS) is 11.2. The summed E-state index contributed by atoms with van der Waals surface area (Å²) in [6.45, 7) is 2.27. The van der Waals surface area contributed by atoms with Crippen LogP contribution >= 0.6 is 11.8 Å². The maximum atomic E-state index is 13.3. The SMILES string of the molecule is CN(C)CCN(Cc1ccc(F)cc1)C(=O)CSc1nnc(-c2ccco2)n1Cc1ccccc1. The summed E-state index contributed by atoms with van der Waals surface area (Å²) in [7, 11) is 3.94. The molecule has 35 heavy (non-hydrogen) atoms. The van der Waals surface area contributed by atoms with Crippen LogP contribution in [-0.4, -0.2) is 63.4 Å². The molecule has 2 aromatic heterocycles. The molecule has 0 N–H and O–H groups in total. The van der Waals surface area contributed by atoms with Crippen molar-refractivity contribution >= 4 is 17.7 Å². The van der Waals surface area contributed by atoms with Crippen molar-refractivity contribution in [2.75, 3.05) is 32.9 Å². The van der Waals surface area contributed by atoms with Crippen molar-refractivity contribution in [1.29, 1.82) is 0 Å². The number of aromatic nitrogens is 3. The summed E-state index contributed by atoms with van der Waals surface area (Å²) in [5.74, 6) is 1.13. The van der Waals surface area contributed by atoms with Gasteiger partial charge in [0.25, 0.3) is 0 Å². The van der Waals surface area contributed by atoms with Crippen LogP contribution in [0, 0.1) is 5.82 Å². The molecule has 0 radical (unpaired) electrons. The molecular weight excluding hydrogens is 465 g/mol. The summed E-state index contributed by atoms with van der Waals surface area (Å²) in [5, 5.41) is 9.35. The Hall–Kier alpha value is -3.43. The number of benzene rings is 2. The Bertz CT molecular complexity index is 1210. The number of halogens is 1. The Balaban J connectivity index is 1.51. The zero-order valence-electron chi connectivity index (χ0n) is 19.8. The summed E-state index contributed by atoms with van der Waals surface area (Å²) in [4.78, 5) is 17.1. The van der Waals surface area contributed by atoms with Gasteiger partial charge in [0.15, 0.2) is 10.9 Å². The van der Waals surface area contributed by atoms with E-state index < -0.39 is 0 Å². The average Bonchev–Trinajstić information content (AvgIpc) is 3.52. The lowest BCUT2D eigenvalue weighted by atomic mass is 10.2. The Kier molecular flexibility index (Phi) is 8.33. The van der Waals surface area contributed by atoms with E-state index in [9.17, 15) is 9.18 Å². The maximum absolute atomic E-state index is 13.3. The Morgan fingerprint density at radius 3 is 2.43 bits per heavy atom. The minimum atomic E-state index is -0.291. The number of amides is 1. The highest BCUT2D eigenvalue weighted by Gasteiger charge is 2.20. The van der Waals surface area contributed by atoms with Crippen LogP contribution in [0.3, 0.4) is 0 Å². The predicted molar refractivity (Wildman–Crippen MR) is 134 cm³/mol. The van der Waals surface area contributed by atoms with Gasteiger partial charge in [0.1, 0.15) is 5.82 Å². The fourth-order valence-corrected chi connectivity index (χ4v) is 4.37. The first-order valence-corrected chi connectivity index (χ1v) is 12.3. The molecule has 0 fully saturated rings. The molecule has 2 aromatic carbocycles. The van der Waals surface area contributed by atoms with Gasteiger partial charge in [-0.15, -0.1) is 10.2 Å². The standard InChI is InChI=1S/C26H28FN5O2S/c1-30(2)14-15-31(17-21-10-12-22(27)13-11-21)24(33)19-35-26-29-28-25(23-9-6-16-34-23)32(26)18-20-7-4-3-5-8-20/h3-13,16H,14-15,17-19H2,1-2H3. The van der Waals surface area contributed by atoms with Crippen LogP contribution in [0.25, 0.3) is 11.6 Å². The first kappa shape index (κ1) is 24.7. The lowest BCUT2D eigenvalue weighted by Gasteiger charge is -2.24. The number of carbonyl (C=O) groups excluding carboxylic acids is 1. The number of carbonyl (C=O) groups is 1. The van der Waals surface area contributed by atoms with Gasteiger partial charge in [0, 0.05) is 19.6 Å². The largest absolute Gasteiger partial charge is 0.461 e. The summed E-state index contributed by atoms with van der Waals surface area (Å²) in [6.07, 6.45) is 1.60. The molecule has 1 amide bonds. The van der Waals surface area contributed by atoms with Crippen molar-refractivity contribution in [3.63, 3.8) is 0 Å². The lowest BCUT2D eigenvalue weighted by Crippen LogP contribution is -2.37. The van der Waals surface area contributed by atoms with Gasteiger partial charge in [-0.2, -0.15) is 0 Å². The van der Waals surface area contributed by atoms with Crippen LogP contribution in [0.1, 0.15) is 11.1 Å². The summed E-state index contributed by atoms with van der Waals surface area (Å²) < 4.78 is 20.9. The molecule has 0 aliphatic carbocycles. The van der Waals surface area contributed by atoms with Gasteiger partial charge >= 0.3 is 0 Å². The van der Waals surface area contributed by atoms with Gasteiger partial charge in [-0.1, -0.05) is 54.2 Å². The second-order valence-electron chi connectivity index (χ2n) is 8.39. The molecule has 0 saturated heterocycles. The zero-order valence-corrected chi connectivity index (χ0v) is 20.6. The van der Waals surface area contributed by atoms with Crippen molar-refractivity contribution in [1.82, 2.24) is 24.6 Å². The molecule has 0 aliphatic heterocycles. The number of hydrogen-bond acceptors (Lipinski definition) is 6. The van der Waals surface area contributed by atoms with E-state index >= 15 is 0 Å². The summed E-state index contributed by atoms with van der Waals surface area (Å²) in [6, 6.07) is 19.9. The molecule has 0 aliphatic rings. The van der Waals surface area contributed by atoms with E-state index in [-0.39, 0.29) is 17.5 Å². The van der Waals surface area contributed by atoms with Crippen LogP contribution in [0.5, 0.6) is 0 Å². The number of furan rings is 1. The number of thioether (sulfide) groups is 1. The van der Waals surface area contributed by atoms with Crippen LogP contribution in [0.2, 0.25) is 0 Å². The molecule has 0 atom stereocenters. The van der Waals surface area contributed by atoms with Gasteiger partial charge in [0.05, 0.1) is 18.6 Å². The minimum absolute atomic E-state index is 0.0185. The molecule has 0 unspecified atom stereocenters. The summed E-state index contributed by atoms with van der Waals surface area (Å²) in [5.41, 5.74) is 1.98. The molecule has 0 bridgehead atoms. The second kappa shape index (κ2) is 11.8. The van der Waals surface area contributed by atoms with Crippen LogP contribution < -0.4 is 0 Å². The molecule has 9 heteroatoms. The van der Waals surface area contributed by atoms with E-state index in [4.69, 9.17) is 4.42 Å². The van der Waals surface area contributed by atoms with Gasteiger partial charge in [-0.3, -0.25) is 9.36 Å². The minimum Gasteiger partial charge on any atom is -0.461 e. The predicted octanol–water partition coefficient (Wildman–Crippen LogP) is 4.41. The fourth-order valence-electron chi connectivity index (χ4n) is 3.53. The van der Waals surface area contributed by atoms with Crippen molar-refractivity contribution in [2.45, 2.75) is 18.2 Å². The zero-order chi connectivity index (χ0) is 24.6. The number of likely N-dealkylation sites (N-methyl/N-ethyl adjacent to an activating group) is 1. The van der Waals surface area contributed by atoms with Crippen LogP contribution in [0.15, 0.2) is 82.6 Å². The Morgan fingerprint density at radius 1 is 0.971 bits per heavy atom. The van der Waals surface area contributed by atoms with E-state index in [1.54, 1.807) is 23.3 Å². The number of hydrogen-bond donors (Lipinski definition) is 0. The highest BCUT2D eigenvalue weighted by Crippen LogP contribution is 2.26. The molecule has 4 aromatic rings. The van der Waals surface area contributed by atoms with Gasteiger partial charge in [0.2, 0.25) is 11.7 Å². The third-order valence-electron chi connectivity index (χ3n) is 5.42. The van der Waals surface area contributed by atoms with E-state index in [0.717, 1.165) is 17.7 Å². The van der Waals surface area contributed by atoms with Gasteiger partial charge in [-0.05, 0) is 49.5 Å². The van der Waals surface area contributed by atoms with Gasteiger partial charge in [-0.25, -0.2) is 4.39 Å². The third kappa shape index (κ3) is 6.80. The highest BCUT2D eigenvalue weighted by atomic mass is 32.2. The second-order valence-corrected chi connectivity index (χ2v) is 9.33. The Labute approximate surface area is 208 Å². The van der Waals surface area contributed by atoms with Crippen molar-refractivity contribution < 1.29 is 13.6 Å². The topological polar surface area (TPSA) is 67.4 Å². The molecule has 7 nitrogen and oxygen atoms in total. The first-order chi connectivity index (χ1) is 17.0. The molecule has 182 valence electrons. The average molecular weight is 494 g/mol. The highest BCUT2D eigenvalue weighted by molar-refractivity contribution is 7.99. The Morgan fingerprint density at radius 2 is 1.74 bits per heavy atom. The molecule has 4 rings (SSSR count). The fraction of sp³-hybridized carbons (Fsp3) is 0.269.